The number of carboxylic acids is 1. The Morgan fingerprint density at radius 3 is 2.26 bits per heavy atom. The Bertz CT molecular complexity index is 1070. The third-order valence-electron chi connectivity index (χ3n) is 7.81. The molecule has 2 amide bonds. The molecule has 0 saturated carbocycles. The van der Waals surface area contributed by atoms with Crippen molar-refractivity contribution in [2.75, 3.05) is 19.7 Å². The number of likely N-dealkylation sites (tertiary alicyclic amines) is 1. The van der Waals surface area contributed by atoms with Gasteiger partial charge in [-0.2, -0.15) is 0 Å². The molecule has 1 saturated heterocycles. The van der Waals surface area contributed by atoms with Crippen LogP contribution in [0.5, 0.6) is 0 Å². The van der Waals surface area contributed by atoms with Crippen molar-refractivity contribution in [1.29, 1.82) is 0 Å². The van der Waals surface area contributed by atoms with E-state index in [1.165, 1.54) is 11.1 Å². The van der Waals surface area contributed by atoms with Gasteiger partial charge in [0.2, 0.25) is 5.91 Å². The predicted octanol–water partition coefficient (Wildman–Crippen LogP) is 4.65. The number of carboxylic acid groups (broad SMARTS) is 1. The number of aliphatic carboxylic acids is 1. The van der Waals surface area contributed by atoms with Crippen LogP contribution >= 0.6 is 0 Å². The first-order chi connectivity index (χ1) is 16.7. The van der Waals surface area contributed by atoms with Gasteiger partial charge in [0.05, 0.1) is 5.41 Å². The van der Waals surface area contributed by atoms with E-state index in [2.05, 4.69) is 29.6 Å². The summed E-state index contributed by atoms with van der Waals surface area (Å²) < 4.78 is 5.64. The molecule has 0 aromatic heterocycles. The number of hydrogen-bond acceptors (Lipinski definition) is 4. The normalized spacial score (nSPS) is 21.8. The number of benzene rings is 2. The summed E-state index contributed by atoms with van der Waals surface area (Å²) in [5.74, 6) is -1.06. The molecular weight excluding hydrogens is 444 g/mol. The van der Waals surface area contributed by atoms with E-state index in [0.717, 1.165) is 11.1 Å². The van der Waals surface area contributed by atoms with Gasteiger partial charge >= 0.3 is 12.1 Å². The quantitative estimate of drug-likeness (QED) is 0.576. The lowest BCUT2D eigenvalue weighted by Crippen LogP contribution is -2.38. The van der Waals surface area contributed by atoms with E-state index < -0.39 is 17.5 Å². The topological polar surface area (TPSA) is 95.9 Å². The number of carbonyl (C=O) groups excluding carboxylic acids is 2. The zero-order valence-corrected chi connectivity index (χ0v) is 20.6. The highest BCUT2D eigenvalue weighted by Crippen LogP contribution is 2.44. The molecule has 0 bridgehead atoms. The van der Waals surface area contributed by atoms with Crippen LogP contribution in [0.25, 0.3) is 11.1 Å². The number of alkyl carbamates (subject to hydrolysis) is 1. The fourth-order valence-corrected chi connectivity index (χ4v) is 5.26. The van der Waals surface area contributed by atoms with E-state index >= 15 is 0 Å². The molecule has 1 aliphatic carbocycles. The molecule has 35 heavy (non-hydrogen) atoms. The second-order valence-corrected chi connectivity index (χ2v) is 10.0. The Morgan fingerprint density at radius 1 is 1.11 bits per heavy atom. The maximum atomic E-state index is 12.7. The number of amides is 2. The van der Waals surface area contributed by atoms with Gasteiger partial charge < -0.3 is 20.1 Å². The van der Waals surface area contributed by atoms with Crippen molar-refractivity contribution in [2.45, 2.75) is 52.0 Å². The average Bonchev–Trinajstić information content (AvgIpc) is 3.35. The standard InChI is InChI=1S/C28H34N2O5/c1-4-19(13-14-25(31)30-15-18(2)28(3,17-30)26(32)33)29-27(34)35-16-24-22-11-7-5-9-20(22)21-10-6-8-12-23(21)24/h5-12,18-19,24H,4,13-17H2,1-3H3,(H,29,34)(H,32,33)/t18-,19?,28-/m0/s1. The minimum absolute atomic E-state index is 0.00416. The van der Waals surface area contributed by atoms with E-state index in [1.54, 1.807) is 11.8 Å². The number of nitrogens with one attached hydrogen (secondary N) is 1. The largest absolute Gasteiger partial charge is 0.481 e. The third kappa shape index (κ3) is 4.90. The first kappa shape index (κ1) is 24.8. The van der Waals surface area contributed by atoms with Crippen molar-refractivity contribution in [3.8, 4) is 11.1 Å². The van der Waals surface area contributed by atoms with Gasteiger partial charge in [0.25, 0.3) is 0 Å². The van der Waals surface area contributed by atoms with Crippen LogP contribution in [0.2, 0.25) is 0 Å². The van der Waals surface area contributed by atoms with E-state index in [9.17, 15) is 19.5 Å². The van der Waals surface area contributed by atoms with E-state index in [4.69, 9.17) is 4.74 Å². The summed E-state index contributed by atoms with van der Waals surface area (Å²) in [5.41, 5.74) is 3.76. The van der Waals surface area contributed by atoms with Gasteiger partial charge in [-0.05, 0) is 47.9 Å². The molecule has 1 heterocycles. The second-order valence-electron chi connectivity index (χ2n) is 10.0. The lowest BCUT2D eigenvalue weighted by Gasteiger charge is -2.23. The van der Waals surface area contributed by atoms with Crippen molar-refractivity contribution in [3.05, 3.63) is 59.7 Å². The molecule has 4 rings (SSSR count). The minimum Gasteiger partial charge on any atom is -0.481 e. The fraction of sp³-hybridized carbons (Fsp3) is 0.464. The van der Waals surface area contributed by atoms with Gasteiger partial charge in [-0.1, -0.05) is 62.4 Å². The molecule has 2 aliphatic rings. The van der Waals surface area contributed by atoms with Crippen molar-refractivity contribution in [2.24, 2.45) is 11.3 Å². The van der Waals surface area contributed by atoms with Gasteiger partial charge in [0.15, 0.2) is 0 Å². The summed E-state index contributed by atoms with van der Waals surface area (Å²) in [6.45, 7) is 6.43. The number of rotatable bonds is 8. The molecule has 2 N–H and O–H groups in total. The van der Waals surface area contributed by atoms with Gasteiger partial charge in [0, 0.05) is 31.5 Å². The number of nitrogens with zero attached hydrogens (tertiary/aromatic N) is 1. The second kappa shape index (κ2) is 10.1. The molecule has 1 aliphatic heterocycles. The van der Waals surface area contributed by atoms with E-state index in [-0.39, 0.29) is 43.4 Å². The molecule has 186 valence electrons. The number of hydrogen-bond donors (Lipinski definition) is 2. The predicted molar refractivity (Wildman–Crippen MR) is 133 cm³/mol. The number of fused-ring (bicyclic) bond motifs is 3. The van der Waals surface area contributed by atoms with Crippen LogP contribution < -0.4 is 5.32 Å². The van der Waals surface area contributed by atoms with Crippen molar-refractivity contribution in [3.63, 3.8) is 0 Å². The van der Waals surface area contributed by atoms with Crippen molar-refractivity contribution in [1.82, 2.24) is 10.2 Å². The molecule has 2 aromatic carbocycles. The first-order valence-corrected chi connectivity index (χ1v) is 12.4. The van der Waals surface area contributed by atoms with Crippen LogP contribution in [0.4, 0.5) is 4.79 Å². The Hall–Kier alpha value is -3.35. The molecule has 7 heteroatoms. The molecule has 0 radical (unpaired) electrons. The highest BCUT2D eigenvalue weighted by Gasteiger charge is 2.47. The molecule has 1 unspecified atom stereocenters. The van der Waals surface area contributed by atoms with E-state index in [1.807, 2.05) is 38.1 Å². The molecular formula is C28H34N2O5. The van der Waals surface area contributed by atoms with Crippen LogP contribution in [0, 0.1) is 11.3 Å². The van der Waals surface area contributed by atoms with Crippen molar-refractivity contribution < 1.29 is 24.2 Å². The fourth-order valence-electron chi connectivity index (χ4n) is 5.26. The van der Waals surface area contributed by atoms with Crippen LogP contribution in [-0.4, -0.2) is 53.7 Å². The van der Waals surface area contributed by atoms with Crippen LogP contribution in [0.3, 0.4) is 0 Å². The van der Waals surface area contributed by atoms with Crippen LogP contribution in [0.1, 0.15) is 57.1 Å². The Balaban J connectivity index is 1.29. The maximum Gasteiger partial charge on any atom is 0.407 e. The third-order valence-corrected chi connectivity index (χ3v) is 7.81. The molecule has 1 fully saturated rings. The monoisotopic (exact) mass is 478 g/mol. The van der Waals surface area contributed by atoms with Gasteiger partial charge in [-0.15, -0.1) is 0 Å². The highest BCUT2D eigenvalue weighted by molar-refractivity contribution is 5.81. The highest BCUT2D eigenvalue weighted by atomic mass is 16.5. The van der Waals surface area contributed by atoms with Crippen LogP contribution in [-0.2, 0) is 14.3 Å². The number of carbonyl (C=O) groups is 3. The summed E-state index contributed by atoms with van der Waals surface area (Å²) >= 11 is 0. The first-order valence-electron chi connectivity index (χ1n) is 12.4. The lowest BCUT2D eigenvalue weighted by atomic mass is 9.81. The Labute approximate surface area is 206 Å². The Morgan fingerprint density at radius 2 is 1.71 bits per heavy atom. The van der Waals surface area contributed by atoms with Gasteiger partial charge in [-0.3, -0.25) is 9.59 Å². The zero-order chi connectivity index (χ0) is 25.2. The molecule has 7 nitrogen and oxygen atoms in total. The number of ether oxygens (including phenoxy) is 1. The Kier molecular flexibility index (Phi) is 7.15. The molecule has 2 aromatic rings. The summed E-state index contributed by atoms with van der Waals surface area (Å²) in [7, 11) is 0. The van der Waals surface area contributed by atoms with Gasteiger partial charge in [0.1, 0.15) is 6.61 Å². The van der Waals surface area contributed by atoms with Crippen LogP contribution in [0.15, 0.2) is 48.5 Å². The average molecular weight is 479 g/mol. The SMILES string of the molecule is CCC(CCC(=O)N1C[C@H](C)[C@@](C)(C(=O)O)C1)NC(=O)OCC1c2ccccc2-c2ccccc21. The molecule has 0 spiro atoms. The summed E-state index contributed by atoms with van der Waals surface area (Å²) in [6.07, 6.45) is 0.916. The van der Waals surface area contributed by atoms with Crippen molar-refractivity contribution >= 4 is 18.0 Å². The summed E-state index contributed by atoms with van der Waals surface area (Å²) in [5, 5.41) is 12.4. The maximum absolute atomic E-state index is 12.7. The minimum atomic E-state index is -0.917. The van der Waals surface area contributed by atoms with Gasteiger partial charge in [-0.25, -0.2) is 4.79 Å². The summed E-state index contributed by atoms with van der Waals surface area (Å²) in [6, 6.07) is 16.2. The molecule has 3 atom stereocenters. The van der Waals surface area contributed by atoms with E-state index in [0.29, 0.717) is 19.4 Å². The lowest BCUT2D eigenvalue weighted by molar-refractivity contribution is -0.149. The zero-order valence-electron chi connectivity index (χ0n) is 20.6. The smallest absolute Gasteiger partial charge is 0.407 e. The summed E-state index contributed by atoms with van der Waals surface area (Å²) in [4.78, 5) is 38.6.